The smallest absolute Gasteiger partial charge is 0.242 e. The van der Waals surface area contributed by atoms with Gasteiger partial charge in [0.2, 0.25) is 5.91 Å². The molecule has 0 heterocycles. The molecule has 1 aromatic rings. The van der Waals surface area contributed by atoms with E-state index < -0.39 is 11.9 Å². The van der Waals surface area contributed by atoms with E-state index >= 15 is 0 Å². The van der Waals surface area contributed by atoms with Crippen molar-refractivity contribution in [3.8, 4) is 18.4 Å². The minimum absolute atomic E-state index is 0.0729. The number of anilines is 1. The van der Waals surface area contributed by atoms with Gasteiger partial charge in [-0.1, -0.05) is 5.92 Å². The van der Waals surface area contributed by atoms with E-state index in [1.165, 1.54) is 18.2 Å². The van der Waals surface area contributed by atoms with E-state index in [0.29, 0.717) is 5.69 Å². The van der Waals surface area contributed by atoms with Gasteiger partial charge in [0.25, 0.3) is 0 Å². The molecule has 1 rings (SSSR count). The number of carbonyl (C=O) groups excluding carboxylic acids is 1. The van der Waals surface area contributed by atoms with Crippen LogP contribution in [-0.2, 0) is 4.79 Å². The Labute approximate surface area is 105 Å². The third-order valence-corrected chi connectivity index (χ3v) is 2.23. The summed E-state index contributed by atoms with van der Waals surface area (Å²) in [7, 11) is 0. The lowest BCUT2D eigenvalue weighted by atomic mass is 10.2. The lowest BCUT2D eigenvalue weighted by Gasteiger charge is -2.14. The number of nitrogens with one attached hydrogen (secondary N) is 2. The molecule has 1 aromatic carbocycles. The lowest BCUT2D eigenvalue weighted by Crippen LogP contribution is -2.37. The quantitative estimate of drug-likeness (QED) is 0.784. The maximum absolute atomic E-state index is 13.1. The van der Waals surface area contributed by atoms with Gasteiger partial charge in [-0.2, -0.15) is 5.26 Å². The van der Waals surface area contributed by atoms with Gasteiger partial charge in [-0.25, -0.2) is 4.39 Å². The SMILES string of the molecule is C#CCNC(=O)C(C)Nc1ccc(F)c(C#N)c1. The third-order valence-electron chi connectivity index (χ3n) is 2.23. The zero-order chi connectivity index (χ0) is 13.5. The van der Waals surface area contributed by atoms with Gasteiger partial charge in [0.05, 0.1) is 12.1 Å². The van der Waals surface area contributed by atoms with E-state index in [-0.39, 0.29) is 18.0 Å². The number of amides is 1. The van der Waals surface area contributed by atoms with Crippen LogP contribution in [0, 0.1) is 29.5 Å². The summed E-state index contributed by atoms with van der Waals surface area (Å²) in [5.41, 5.74) is 0.424. The fraction of sp³-hybridized carbons (Fsp3) is 0.231. The first-order valence-electron chi connectivity index (χ1n) is 5.26. The predicted octanol–water partition coefficient (Wildman–Crippen LogP) is 1.25. The molecule has 2 N–H and O–H groups in total. The first-order valence-corrected chi connectivity index (χ1v) is 5.26. The molecule has 0 bridgehead atoms. The second-order valence-electron chi connectivity index (χ2n) is 3.59. The van der Waals surface area contributed by atoms with Crippen molar-refractivity contribution in [2.45, 2.75) is 13.0 Å². The summed E-state index contributed by atoms with van der Waals surface area (Å²) in [5, 5.41) is 14.1. The number of rotatable bonds is 4. The summed E-state index contributed by atoms with van der Waals surface area (Å²) in [6.07, 6.45) is 5.02. The van der Waals surface area contributed by atoms with Crippen molar-refractivity contribution in [3.63, 3.8) is 0 Å². The van der Waals surface area contributed by atoms with E-state index in [1.54, 1.807) is 13.0 Å². The van der Waals surface area contributed by atoms with Gasteiger partial charge in [-0.05, 0) is 25.1 Å². The van der Waals surface area contributed by atoms with Crippen molar-refractivity contribution >= 4 is 11.6 Å². The fourth-order valence-corrected chi connectivity index (χ4v) is 1.31. The minimum atomic E-state index is -0.590. The molecule has 0 saturated carbocycles. The van der Waals surface area contributed by atoms with E-state index in [1.807, 2.05) is 0 Å². The van der Waals surface area contributed by atoms with Crippen LogP contribution < -0.4 is 10.6 Å². The molecule has 0 aromatic heterocycles. The largest absolute Gasteiger partial charge is 0.374 e. The van der Waals surface area contributed by atoms with Crippen LogP contribution in [-0.4, -0.2) is 18.5 Å². The molecular weight excluding hydrogens is 233 g/mol. The predicted molar refractivity (Wildman–Crippen MR) is 66.0 cm³/mol. The van der Waals surface area contributed by atoms with Gasteiger partial charge in [0.15, 0.2) is 0 Å². The van der Waals surface area contributed by atoms with Gasteiger partial charge in [0, 0.05) is 5.69 Å². The first kappa shape index (κ1) is 13.5. The van der Waals surface area contributed by atoms with Crippen molar-refractivity contribution in [2.75, 3.05) is 11.9 Å². The number of carbonyl (C=O) groups is 1. The highest BCUT2D eigenvalue weighted by Gasteiger charge is 2.12. The third kappa shape index (κ3) is 3.50. The summed E-state index contributed by atoms with van der Waals surface area (Å²) >= 11 is 0. The molecule has 5 heteroatoms. The zero-order valence-corrected chi connectivity index (χ0v) is 9.83. The van der Waals surface area contributed by atoms with E-state index in [0.717, 1.165) is 0 Å². The molecule has 0 radical (unpaired) electrons. The minimum Gasteiger partial charge on any atom is -0.374 e. The average molecular weight is 245 g/mol. The van der Waals surface area contributed by atoms with Crippen LogP contribution in [0.4, 0.5) is 10.1 Å². The summed E-state index contributed by atoms with van der Waals surface area (Å²) < 4.78 is 13.1. The lowest BCUT2D eigenvalue weighted by molar-refractivity contribution is -0.121. The molecule has 0 saturated heterocycles. The highest BCUT2D eigenvalue weighted by Crippen LogP contribution is 2.14. The molecule has 0 fully saturated rings. The Morgan fingerprint density at radius 3 is 2.94 bits per heavy atom. The van der Waals surface area contributed by atoms with Crippen molar-refractivity contribution in [3.05, 3.63) is 29.6 Å². The second-order valence-corrected chi connectivity index (χ2v) is 3.59. The summed E-state index contributed by atoms with van der Waals surface area (Å²) in [5.74, 6) is 1.43. The van der Waals surface area contributed by atoms with Crippen LogP contribution in [0.5, 0.6) is 0 Å². The number of halogens is 1. The summed E-state index contributed by atoms with van der Waals surface area (Å²) in [6, 6.07) is 5.18. The molecule has 4 nitrogen and oxygen atoms in total. The number of benzene rings is 1. The van der Waals surface area contributed by atoms with Crippen LogP contribution in [0.1, 0.15) is 12.5 Å². The second kappa shape index (κ2) is 6.27. The molecule has 0 aliphatic carbocycles. The molecule has 0 aliphatic rings. The summed E-state index contributed by atoms with van der Waals surface area (Å²) in [6.45, 7) is 1.79. The van der Waals surface area contributed by atoms with Crippen molar-refractivity contribution in [1.82, 2.24) is 5.32 Å². The van der Waals surface area contributed by atoms with Crippen LogP contribution in [0.25, 0.3) is 0 Å². The van der Waals surface area contributed by atoms with E-state index in [4.69, 9.17) is 11.7 Å². The molecule has 1 amide bonds. The van der Waals surface area contributed by atoms with Gasteiger partial charge in [0.1, 0.15) is 17.9 Å². The van der Waals surface area contributed by atoms with Crippen LogP contribution in [0.3, 0.4) is 0 Å². The normalized spacial score (nSPS) is 10.9. The highest BCUT2D eigenvalue weighted by molar-refractivity contribution is 5.84. The van der Waals surface area contributed by atoms with Gasteiger partial charge < -0.3 is 10.6 Å². The molecule has 18 heavy (non-hydrogen) atoms. The standard InChI is InChI=1S/C13H12FN3O/c1-3-6-16-13(18)9(2)17-11-4-5-12(14)10(7-11)8-15/h1,4-5,7,9,17H,6H2,2H3,(H,16,18). The Balaban J connectivity index is 2.71. The Hall–Kier alpha value is -2.53. The maximum Gasteiger partial charge on any atom is 0.242 e. The molecule has 0 spiro atoms. The Morgan fingerprint density at radius 2 is 2.33 bits per heavy atom. The van der Waals surface area contributed by atoms with Crippen molar-refractivity contribution < 1.29 is 9.18 Å². The monoisotopic (exact) mass is 245 g/mol. The van der Waals surface area contributed by atoms with Crippen LogP contribution in [0.15, 0.2) is 18.2 Å². The first-order chi connectivity index (χ1) is 8.58. The van der Waals surface area contributed by atoms with E-state index in [2.05, 4.69) is 16.6 Å². The number of hydrogen-bond acceptors (Lipinski definition) is 3. The maximum atomic E-state index is 13.1. The number of hydrogen-bond donors (Lipinski definition) is 2. The van der Waals surface area contributed by atoms with Gasteiger partial charge in [-0.15, -0.1) is 6.42 Å². The molecule has 0 aliphatic heterocycles. The number of nitriles is 1. The summed E-state index contributed by atoms with van der Waals surface area (Å²) in [4.78, 5) is 11.5. The Kier molecular flexibility index (Phi) is 4.71. The Morgan fingerprint density at radius 1 is 1.61 bits per heavy atom. The number of nitrogens with zero attached hydrogens (tertiary/aromatic N) is 1. The average Bonchev–Trinajstić information content (AvgIpc) is 2.37. The molecular formula is C13H12FN3O. The van der Waals surface area contributed by atoms with Crippen molar-refractivity contribution in [2.24, 2.45) is 0 Å². The highest BCUT2D eigenvalue weighted by atomic mass is 19.1. The zero-order valence-electron chi connectivity index (χ0n) is 9.83. The molecule has 1 unspecified atom stereocenters. The fourth-order valence-electron chi connectivity index (χ4n) is 1.31. The topological polar surface area (TPSA) is 64.9 Å². The molecule has 1 atom stereocenters. The number of terminal acetylenes is 1. The van der Waals surface area contributed by atoms with Crippen LogP contribution >= 0.6 is 0 Å². The molecule has 92 valence electrons. The van der Waals surface area contributed by atoms with Crippen molar-refractivity contribution in [1.29, 1.82) is 5.26 Å². The van der Waals surface area contributed by atoms with Gasteiger partial charge >= 0.3 is 0 Å². The van der Waals surface area contributed by atoms with Gasteiger partial charge in [-0.3, -0.25) is 4.79 Å². The van der Waals surface area contributed by atoms with Crippen LogP contribution in [0.2, 0.25) is 0 Å². The Bertz CT molecular complexity index is 528. The van der Waals surface area contributed by atoms with E-state index in [9.17, 15) is 9.18 Å².